The van der Waals surface area contributed by atoms with Crippen LogP contribution in [0.3, 0.4) is 0 Å². The lowest BCUT2D eigenvalue weighted by atomic mass is 10.2. The quantitative estimate of drug-likeness (QED) is 0.678. The van der Waals surface area contributed by atoms with Gasteiger partial charge in [0.05, 0.1) is 12.5 Å². The summed E-state index contributed by atoms with van der Waals surface area (Å²) in [6.45, 7) is 4.50. The second-order valence-electron chi connectivity index (χ2n) is 4.66. The minimum Gasteiger partial charge on any atom is -0.380 e. The molecule has 1 heterocycles. The fraction of sp³-hybridized carbons (Fsp3) is 0.917. The number of nitrogens with zero attached hydrogens (tertiary/aromatic N) is 2. The molecule has 1 amide bonds. The van der Waals surface area contributed by atoms with Gasteiger partial charge in [-0.3, -0.25) is 4.79 Å². The Kier molecular flexibility index (Phi) is 6.47. The summed E-state index contributed by atoms with van der Waals surface area (Å²) in [5, 5.41) is 0. The van der Waals surface area contributed by atoms with Crippen LogP contribution in [-0.4, -0.2) is 68.7 Å². The Morgan fingerprint density at radius 1 is 1.47 bits per heavy atom. The molecule has 100 valence electrons. The van der Waals surface area contributed by atoms with Gasteiger partial charge in [-0.15, -0.1) is 0 Å². The Labute approximate surface area is 104 Å². The summed E-state index contributed by atoms with van der Waals surface area (Å²) < 4.78 is 5.12. The number of ether oxygens (including phenoxy) is 1. The molecule has 5 heteroatoms. The molecule has 1 aliphatic heterocycles. The van der Waals surface area contributed by atoms with E-state index in [0.29, 0.717) is 13.0 Å². The molecule has 1 fully saturated rings. The molecule has 1 rings (SSSR count). The lowest BCUT2D eigenvalue weighted by Crippen LogP contribution is -2.38. The average Bonchev–Trinajstić information content (AvgIpc) is 2.85. The molecule has 1 unspecified atom stereocenters. The van der Waals surface area contributed by atoms with Crippen molar-refractivity contribution >= 4 is 5.91 Å². The predicted octanol–water partition coefficient (Wildman–Crippen LogP) is -0.0956. The summed E-state index contributed by atoms with van der Waals surface area (Å²) in [5.41, 5.74) is 5.50. The number of amides is 1. The van der Waals surface area contributed by atoms with Crippen LogP contribution in [0.1, 0.15) is 19.3 Å². The van der Waals surface area contributed by atoms with E-state index in [1.807, 2.05) is 7.05 Å². The van der Waals surface area contributed by atoms with E-state index in [0.717, 1.165) is 13.1 Å². The zero-order valence-corrected chi connectivity index (χ0v) is 11.0. The van der Waals surface area contributed by atoms with Crippen LogP contribution in [0.5, 0.6) is 0 Å². The van der Waals surface area contributed by atoms with Gasteiger partial charge in [0, 0.05) is 33.8 Å². The third kappa shape index (κ3) is 5.02. The van der Waals surface area contributed by atoms with Gasteiger partial charge in [0.15, 0.2) is 0 Å². The first-order valence-electron chi connectivity index (χ1n) is 6.36. The van der Waals surface area contributed by atoms with E-state index >= 15 is 0 Å². The van der Waals surface area contributed by atoms with Crippen molar-refractivity contribution in [2.75, 3.05) is 46.9 Å². The highest BCUT2D eigenvalue weighted by atomic mass is 16.5. The van der Waals surface area contributed by atoms with Gasteiger partial charge >= 0.3 is 0 Å². The Morgan fingerprint density at radius 3 is 2.65 bits per heavy atom. The van der Waals surface area contributed by atoms with Gasteiger partial charge in [-0.2, -0.15) is 0 Å². The maximum absolute atomic E-state index is 11.8. The SMILES string of the molecule is COC(CN)CC(=O)N(C)CCN1CCCC1. The minimum atomic E-state index is -0.156. The van der Waals surface area contributed by atoms with Gasteiger partial charge in [-0.05, 0) is 25.9 Å². The number of hydrogen-bond donors (Lipinski definition) is 1. The van der Waals surface area contributed by atoms with Crippen molar-refractivity contribution in [3.8, 4) is 0 Å². The molecule has 5 nitrogen and oxygen atoms in total. The molecule has 2 N–H and O–H groups in total. The van der Waals surface area contributed by atoms with E-state index in [4.69, 9.17) is 10.5 Å². The fourth-order valence-corrected chi connectivity index (χ4v) is 2.04. The number of nitrogens with two attached hydrogens (primary N) is 1. The van der Waals surface area contributed by atoms with Gasteiger partial charge in [0.1, 0.15) is 0 Å². The number of methoxy groups -OCH3 is 1. The summed E-state index contributed by atoms with van der Waals surface area (Å²) in [6.07, 6.45) is 2.80. The first-order chi connectivity index (χ1) is 8.17. The van der Waals surface area contributed by atoms with Gasteiger partial charge in [-0.25, -0.2) is 0 Å². The van der Waals surface area contributed by atoms with Gasteiger partial charge in [0.25, 0.3) is 0 Å². The topological polar surface area (TPSA) is 58.8 Å². The van der Waals surface area contributed by atoms with Crippen molar-refractivity contribution in [2.24, 2.45) is 5.73 Å². The van der Waals surface area contributed by atoms with Crippen LogP contribution < -0.4 is 5.73 Å². The normalized spacial score (nSPS) is 18.3. The van der Waals surface area contributed by atoms with Crippen molar-refractivity contribution in [3.05, 3.63) is 0 Å². The summed E-state index contributed by atoms with van der Waals surface area (Å²) in [7, 11) is 3.44. The average molecular weight is 243 g/mol. The highest BCUT2D eigenvalue weighted by Gasteiger charge is 2.17. The lowest BCUT2D eigenvalue weighted by Gasteiger charge is -2.23. The number of carbonyl (C=O) groups excluding carboxylic acids is 1. The molecular formula is C12H25N3O2. The molecule has 1 aliphatic rings. The lowest BCUT2D eigenvalue weighted by molar-refractivity contribution is -0.132. The number of carbonyl (C=O) groups is 1. The van der Waals surface area contributed by atoms with Crippen molar-refractivity contribution in [1.82, 2.24) is 9.80 Å². The van der Waals surface area contributed by atoms with Crippen LogP contribution in [0.2, 0.25) is 0 Å². The van der Waals surface area contributed by atoms with Gasteiger partial charge in [0.2, 0.25) is 5.91 Å². The van der Waals surface area contributed by atoms with Crippen molar-refractivity contribution in [1.29, 1.82) is 0 Å². The molecule has 0 spiro atoms. The van der Waals surface area contributed by atoms with Crippen LogP contribution in [-0.2, 0) is 9.53 Å². The molecule has 17 heavy (non-hydrogen) atoms. The van der Waals surface area contributed by atoms with Crippen LogP contribution in [0.15, 0.2) is 0 Å². The van der Waals surface area contributed by atoms with Crippen LogP contribution in [0.4, 0.5) is 0 Å². The van der Waals surface area contributed by atoms with Crippen molar-refractivity contribution in [3.63, 3.8) is 0 Å². The molecule has 0 bridgehead atoms. The second-order valence-corrected chi connectivity index (χ2v) is 4.66. The van der Waals surface area contributed by atoms with E-state index in [1.54, 1.807) is 12.0 Å². The number of hydrogen-bond acceptors (Lipinski definition) is 4. The molecule has 0 aromatic rings. The minimum absolute atomic E-state index is 0.112. The van der Waals surface area contributed by atoms with E-state index in [1.165, 1.54) is 25.9 Å². The van der Waals surface area contributed by atoms with Crippen molar-refractivity contribution < 1.29 is 9.53 Å². The summed E-state index contributed by atoms with van der Waals surface area (Å²) >= 11 is 0. The smallest absolute Gasteiger partial charge is 0.225 e. The van der Waals surface area contributed by atoms with Gasteiger partial charge < -0.3 is 20.3 Å². The summed E-state index contributed by atoms with van der Waals surface area (Å²) in [4.78, 5) is 16.0. The van der Waals surface area contributed by atoms with Gasteiger partial charge in [-0.1, -0.05) is 0 Å². The van der Waals surface area contributed by atoms with E-state index in [9.17, 15) is 4.79 Å². The Bertz CT molecular complexity index is 226. The molecule has 0 radical (unpaired) electrons. The first kappa shape index (κ1) is 14.4. The number of rotatable bonds is 7. The molecular weight excluding hydrogens is 218 g/mol. The predicted molar refractivity (Wildman–Crippen MR) is 67.8 cm³/mol. The molecule has 1 atom stereocenters. The van der Waals surface area contributed by atoms with Crippen LogP contribution in [0.25, 0.3) is 0 Å². The highest BCUT2D eigenvalue weighted by Crippen LogP contribution is 2.07. The van der Waals surface area contributed by atoms with E-state index in [-0.39, 0.29) is 12.0 Å². The Hall–Kier alpha value is -0.650. The van der Waals surface area contributed by atoms with E-state index < -0.39 is 0 Å². The monoisotopic (exact) mass is 243 g/mol. The Balaban J connectivity index is 2.21. The molecule has 0 aliphatic carbocycles. The zero-order chi connectivity index (χ0) is 12.7. The summed E-state index contributed by atoms with van der Waals surface area (Å²) in [6, 6.07) is 0. The Morgan fingerprint density at radius 2 is 2.12 bits per heavy atom. The van der Waals surface area contributed by atoms with E-state index in [2.05, 4.69) is 4.90 Å². The third-order valence-corrected chi connectivity index (χ3v) is 3.37. The first-order valence-corrected chi connectivity index (χ1v) is 6.36. The second kappa shape index (κ2) is 7.63. The molecule has 1 saturated heterocycles. The zero-order valence-electron chi connectivity index (χ0n) is 11.0. The molecule has 0 aromatic carbocycles. The third-order valence-electron chi connectivity index (χ3n) is 3.37. The highest BCUT2D eigenvalue weighted by molar-refractivity contribution is 5.76. The van der Waals surface area contributed by atoms with Crippen LogP contribution >= 0.6 is 0 Å². The standard InChI is InChI=1S/C12H25N3O2/c1-14(7-8-15-5-3-4-6-15)12(16)9-11(10-13)17-2/h11H,3-10,13H2,1-2H3. The maximum Gasteiger partial charge on any atom is 0.225 e. The van der Waals surface area contributed by atoms with Crippen LogP contribution in [0, 0.1) is 0 Å². The fourth-order valence-electron chi connectivity index (χ4n) is 2.04. The largest absolute Gasteiger partial charge is 0.380 e. The molecule has 0 aromatic heterocycles. The maximum atomic E-state index is 11.8. The summed E-state index contributed by atoms with van der Waals surface area (Å²) in [5.74, 6) is 0.112. The number of likely N-dealkylation sites (N-methyl/N-ethyl adjacent to an activating group) is 1. The molecule has 0 saturated carbocycles. The van der Waals surface area contributed by atoms with Crippen molar-refractivity contribution in [2.45, 2.75) is 25.4 Å². The number of likely N-dealkylation sites (tertiary alicyclic amines) is 1.